The average Bonchev–Trinajstić information content (AvgIpc) is 3.42. The van der Waals surface area contributed by atoms with E-state index < -0.39 is 6.10 Å². The first-order chi connectivity index (χ1) is 37.5. The van der Waals surface area contributed by atoms with Crippen LogP contribution in [0.3, 0.4) is 0 Å². The van der Waals surface area contributed by atoms with Gasteiger partial charge in [0.25, 0.3) is 0 Å². The minimum absolute atomic E-state index is 0.0925. The predicted octanol–water partition coefficient (Wildman–Crippen LogP) is 22.7. The zero-order valence-electron chi connectivity index (χ0n) is 50.8. The van der Waals surface area contributed by atoms with Crippen LogP contribution in [-0.2, 0) is 28.6 Å². The lowest BCUT2D eigenvalue weighted by Gasteiger charge is -2.18. The maximum Gasteiger partial charge on any atom is 0.306 e. The van der Waals surface area contributed by atoms with E-state index in [-0.39, 0.29) is 37.5 Å². The fourth-order valence-corrected chi connectivity index (χ4v) is 9.81. The van der Waals surface area contributed by atoms with Crippen molar-refractivity contribution in [2.45, 2.75) is 354 Å². The van der Waals surface area contributed by atoms with Crippen molar-refractivity contribution in [3.63, 3.8) is 0 Å². The van der Waals surface area contributed by atoms with Gasteiger partial charge in [0.2, 0.25) is 0 Å². The quantitative estimate of drug-likeness (QED) is 0.0261. The molecule has 0 bridgehead atoms. The van der Waals surface area contributed by atoms with Gasteiger partial charge in [-0.05, 0) is 70.6 Å². The summed E-state index contributed by atoms with van der Waals surface area (Å²) in [5, 5.41) is 0. The first-order valence-corrected chi connectivity index (χ1v) is 33.3. The van der Waals surface area contributed by atoms with Crippen LogP contribution in [0.1, 0.15) is 348 Å². The molecule has 6 heteroatoms. The van der Waals surface area contributed by atoms with Gasteiger partial charge in [0, 0.05) is 19.3 Å². The van der Waals surface area contributed by atoms with Crippen molar-refractivity contribution >= 4 is 17.9 Å². The van der Waals surface area contributed by atoms with Crippen LogP contribution in [0.25, 0.3) is 0 Å². The molecule has 0 aliphatic carbocycles. The van der Waals surface area contributed by atoms with Crippen molar-refractivity contribution in [1.29, 1.82) is 0 Å². The van der Waals surface area contributed by atoms with Gasteiger partial charge in [-0.15, -0.1) is 0 Å². The van der Waals surface area contributed by atoms with E-state index in [1.165, 1.54) is 238 Å². The van der Waals surface area contributed by atoms with Crippen LogP contribution in [0.4, 0.5) is 0 Å². The zero-order chi connectivity index (χ0) is 55.0. The van der Waals surface area contributed by atoms with Crippen molar-refractivity contribution in [2.75, 3.05) is 13.2 Å². The summed E-state index contributed by atoms with van der Waals surface area (Å²) >= 11 is 0. The topological polar surface area (TPSA) is 78.9 Å². The number of carbonyl (C=O) groups is 3. The molecule has 0 spiro atoms. The SMILES string of the molecule is CC/C=C\C/C=C\C/C=C\C/C=C\CCC(=O)OCC(COC(=O)CCCCCCCCCCCCCCC/C=C\CCCCCCCCCC)OC(=O)CCCCCCCCCCCCCCCCCCCCCC. The summed E-state index contributed by atoms with van der Waals surface area (Å²) in [6, 6.07) is 0. The predicted molar refractivity (Wildman–Crippen MR) is 330 cm³/mol. The number of ether oxygens (including phenoxy) is 3. The van der Waals surface area contributed by atoms with Crippen LogP contribution in [-0.4, -0.2) is 37.2 Å². The van der Waals surface area contributed by atoms with E-state index in [2.05, 4.69) is 75.5 Å². The number of hydrogen-bond acceptors (Lipinski definition) is 6. The minimum Gasteiger partial charge on any atom is -0.462 e. The second-order valence-electron chi connectivity index (χ2n) is 22.4. The van der Waals surface area contributed by atoms with Crippen LogP contribution in [0.2, 0.25) is 0 Å². The van der Waals surface area contributed by atoms with Gasteiger partial charge in [0.15, 0.2) is 6.10 Å². The summed E-state index contributed by atoms with van der Waals surface area (Å²) < 4.78 is 16.9. The maximum atomic E-state index is 12.9. The fourth-order valence-electron chi connectivity index (χ4n) is 9.81. The molecule has 6 nitrogen and oxygen atoms in total. The summed E-state index contributed by atoms with van der Waals surface area (Å²) in [6.07, 6.45) is 82.6. The lowest BCUT2D eigenvalue weighted by Crippen LogP contribution is -2.30. The van der Waals surface area contributed by atoms with Gasteiger partial charge in [-0.1, -0.05) is 319 Å². The van der Waals surface area contributed by atoms with E-state index in [0.29, 0.717) is 19.3 Å². The molecule has 0 radical (unpaired) electrons. The highest BCUT2D eigenvalue weighted by Crippen LogP contribution is 2.18. The third-order valence-electron chi connectivity index (χ3n) is 14.8. The highest BCUT2D eigenvalue weighted by Gasteiger charge is 2.19. The van der Waals surface area contributed by atoms with Crippen LogP contribution >= 0.6 is 0 Å². The third-order valence-corrected chi connectivity index (χ3v) is 14.8. The molecule has 0 N–H and O–H groups in total. The molecule has 0 aromatic rings. The Kier molecular flexibility index (Phi) is 62.2. The van der Waals surface area contributed by atoms with E-state index in [0.717, 1.165) is 64.2 Å². The van der Waals surface area contributed by atoms with E-state index in [4.69, 9.17) is 14.2 Å². The molecular weight excluding hydrogens is 937 g/mol. The van der Waals surface area contributed by atoms with Crippen LogP contribution < -0.4 is 0 Å². The summed E-state index contributed by atoms with van der Waals surface area (Å²) in [5.74, 6) is -0.957. The van der Waals surface area contributed by atoms with Crippen LogP contribution in [0, 0.1) is 0 Å². The van der Waals surface area contributed by atoms with Gasteiger partial charge in [0.1, 0.15) is 13.2 Å². The standard InChI is InChI=1S/C70H126O6/c1-4-7-10-13-16-19-22-25-27-29-31-33-34-35-36-37-39-40-42-45-48-51-54-57-60-63-69(72)75-66-67(65-74-68(71)62-59-56-53-50-47-44-24-21-18-15-12-9-6-3)76-70(73)64-61-58-55-52-49-46-43-41-38-32-30-28-26-23-20-17-14-11-8-5-2/h9,12,18,21,29,31,44,47,53,56,67H,4-8,10-11,13-17,19-20,22-28,30,32-43,45-46,48-52,54-55,57-66H2,1-3H3/b12-9-,21-18-,31-29-,47-44-,56-53-. The van der Waals surface area contributed by atoms with Crippen LogP contribution in [0.5, 0.6) is 0 Å². The molecule has 1 atom stereocenters. The Morgan fingerprint density at radius 1 is 0.276 bits per heavy atom. The van der Waals surface area contributed by atoms with E-state index >= 15 is 0 Å². The highest BCUT2D eigenvalue weighted by atomic mass is 16.6. The van der Waals surface area contributed by atoms with Crippen molar-refractivity contribution in [3.05, 3.63) is 60.8 Å². The number of carbonyl (C=O) groups excluding carboxylic acids is 3. The molecular formula is C70H126O6. The van der Waals surface area contributed by atoms with Crippen molar-refractivity contribution in [3.8, 4) is 0 Å². The number of hydrogen-bond donors (Lipinski definition) is 0. The molecule has 1 unspecified atom stereocenters. The van der Waals surface area contributed by atoms with Crippen molar-refractivity contribution in [2.24, 2.45) is 0 Å². The maximum absolute atomic E-state index is 12.9. The normalized spacial score (nSPS) is 12.4. The highest BCUT2D eigenvalue weighted by molar-refractivity contribution is 5.71. The summed E-state index contributed by atoms with van der Waals surface area (Å²) in [7, 11) is 0. The number of unbranched alkanes of at least 4 members (excludes halogenated alkanes) is 40. The van der Waals surface area contributed by atoms with Gasteiger partial charge >= 0.3 is 17.9 Å². The monoisotopic (exact) mass is 1060 g/mol. The van der Waals surface area contributed by atoms with Gasteiger partial charge in [-0.25, -0.2) is 0 Å². The number of esters is 3. The number of allylic oxidation sites excluding steroid dienone is 10. The molecule has 76 heavy (non-hydrogen) atoms. The Bertz CT molecular complexity index is 1360. The lowest BCUT2D eigenvalue weighted by atomic mass is 10.0. The molecule has 0 rings (SSSR count). The molecule has 442 valence electrons. The van der Waals surface area contributed by atoms with E-state index in [1.807, 2.05) is 6.08 Å². The van der Waals surface area contributed by atoms with E-state index in [1.54, 1.807) is 0 Å². The summed E-state index contributed by atoms with van der Waals surface area (Å²) in [4.78, 5) is 38.3. The molecule has 0 saturated carbocycles. The molecule has 0 saturated heterocycles. The third kappa shape index (κ3) is 62.0. The molecule has 0 amide bonds. The Morgan fingerprint density at radius 3 is 0.882 bits per heavy atom. The second kappa shape index (κ2) is 64.6. The van der Waals surface area contributed by atoms with Gasteiger partial charge in [0.05, 0.1) is 0 Å². The smallest absolute Gasteiger partial charge is 0.306 e. The molecule has 0 aromatic carbocycles. The number of rotatable bonds is 61. The summed E-state index contributed by atoms with van der Waals surface area (Å²) in [6.45, 7) is 6.52. The molecule has 0 aliphatic heterocycles. The fraction of sp³-hybridized carbons (Fsp3) is 0.814. The van der Waals surface area contributed by atoms with Gasteiger partial charge < -0.3 is 14.2 Å². The largest absolute Gasteiger partial charge is 0.462 e. The second-order valence-corrected chi connectivity index (χ2v) is 22.4. The van der Waals surface area contributed by atoms with Gasteiger partial charge in [-0.2, -0.15) is 0 Å². The van der Waals surface area contributed by atoms with Crippen LogP contribution in [0.15, 0.2) is 60.8 Å². The Labute approximate surface area is 472 Å². The molecule has 0 aliphatic rings. The average molecular weight is 1060 g/mol. The Morgan fingerprint density at radius 2 is 0.539 bits per heavy atom. The Balaban J connectivity index is 4.28. The zero-order valence-corrected chi connectivity index (χ0v) is 50.8. The lowest BCUT2D eigenvalue weighted by molar-refractivity contribution is -0.166. The Hall–Kier alpha value is -2.89. The first-order valence-electron chi connectivity index (χ1n) is 33.3. The first kappa shape index (κ1) is 73.1. The van der Waals surface area contributed by atoms with Gasteiger partial charge in [-0.3, -0.25) is 14.4 Å². The minimum atomic E-state index is -0.801. The molecule has 0 heterocycles. The van der Waals surface area contributed by atoms with E-state index in [9.17, 15) is 14.4 Å². The molecule has 0 fully saturated rings. The summed E-state index contributed by atoms with van der Waals surface area (Å²) in [5.41, 5.74) is 0. The van der Waals surface area contributed by atoms with Crippen molar-refractivity contribution < 1.29 is 28.6 Å². The van der Waals surface area contributed by atoms with Crippen molar-refractivity contribution in [1.82, 2.24) is 0 Å². The molecule has 0 aromatic heterocycles.